The predicted molar refractivity (Wildman–Crippen MR) is 58.9 cm³/mol. The van der Waals surface area contributed by atoms with E-state index in [0.717, 1.165) is 10.8 Å². The summed E-state index contributed by atoms with van der Waals surface area (Å²) in [7, 11) is 0. The van der Waals surface area contributed by atoms with Crippen molar-refractivity contribution >= 4 is 34.1 Å². The van der Waals surface area contributed by atoms with Crippen molar-refractivity contribution in [1.82, 2.24) is 10.2 Å². The fraction of sp³-hybridized carbons (Fsp3) is 0.100. The first kappa shape index (κ1) is 9.86. The van der Waals surface area contributed by atoms with Crippen molar-refractivity contribution in [2.75, 3.05) is 5.32 Å². The standard InChI is InChI=1S/C10H8ClN3O/c1-6(15)12-10-8-5-3-2-4-7(8)9(11)13-14-10/h2-5H,1H3,(H,12,14,15). The van der Waals surface area contributed by atoms with E-state index in [-0.39, 0.29) is 5.91 Å². The highest BCUT2D eigenvalue weighted by atomic mass is 35.5. The Morgan fingerprint density at radius 3 is 2.60 bits per heavy atom. The van der Waals surface area contributed by atoms with Gasteiger partial charge in [-0.15, -0.1) is 10.2 Å². The van der Waals surface area contributed by atoms with Gasteiger partial charge >= 0.3 is 0 Å². The molecule has 1 N–H and O–H groups in total. The van der Waals surface area contributed by atoms with Gasteiger partial charge in [0.1, 0.15) is 0 Å². The second-order valence-electron chi connectivity index (χ2n) is 3.07. The quantitative estimate of drug-likeness (QED) is 0.804. The molecular formula is C10H8ClN3O. The first-order chi connectivity index (χ1) is 7.18. The van der Waals surface area contributed by atoms with Crippen LogP contribution in [0.5, 0.6) is 0 Å². The number of hydrogen-bond acceptors (Lipinski definition) is 3. The second kappa shape index (κ2) is 3.82. The summed E-state index contributed by atoms with van der Waals surface area (Å²) in [6, 6.07) is 7.37. The second-order valence-corrected chi connectivity index (χ2v) is 3.42. The lowest BCUT2D eigenvalue weighted by Gasteiger charge is -2.05. The summed E-state index contributed by atoms with van der Waals surface area (Å²) in [5.74, 6) is 0.249. The largest absolute Gasteiger partial charge is 0.309 e. The molecule has 1 aromatic heterocycles. The third-order valence-electron chi connectivity index (χ3n) is 1.94. The fourth-order valence-corrected chi connectivity index (χ4v) is 1.53. The number of amides is 1. The third-order valence-corrected chi connectivity index (χ3v) is 2.22. The van der Waals surface area contributed by atoms with E-state index in [2.05, 4.69) is 15.5 Å². The molecule has 0 aliphatic rings. The zero-order chi connectivity index (χ0) is 10.8. The maximum Gasteiger partial charge on any atom is 0.222 e. The third kappa shape index (κ3) is 1.89. The van der Waals surface area contributed by atoms with Crippen LogP contribution < -0.4 is 5.32 Å². The molecule has 15 heavy (non-hydrogen) atoms. The van der Waals surface area contributed by atoms with Crippen molar-refractivity contribution in [1.29, 1.82) is 0 Å². The maximum atomic E-state index is 10.9. The number of hydrogen-bond donors (Lipinski definition) is 1. The van der Waals surface area contributed by atoms with Crippen molar-refractivity contribution < 1.29 is 4.79 Å². The number of rotatable bonds is 1. The van der Waals surface area contributed by atoms with Gasteiger partial charge in [-0.25, -0.2) is 0 Å². The van der Waals surface area contributed by atoms with Gasteiger partial charge in [0.25, 0.3) is 0 Å². The average Bonchev–Trinajstić information content (AvgIpc) is 2.22. The molecule has 1 heterocycles. The highest BCUT2D eigenvalue weighted by molar-refractivity contribution is 6.34. The molecule has 0 spiro atoms. The molecule has 0 bridgehead atoms. The average molecular weight is 222 g/mol. The molecule has 4 nitrogen and oxygen atoms in total. The Hall–Kier alpha value is -1.68. The van der Waals surface area contributed by atoms with Gasteiger partial charge < -0.3 is 5.32 Å². The van der Waals surface area contributed by atoms with E-state index in [4.69, 9.17) is 11.6 Å². The Balaban J connectivity index is 2.66. The molecule has 1 amide bonds. The van der Waals surface area contributed by atoms with Crippen LogP contribution in [0.25, 0.3) is 10.8 Å². The van der Waals surface area contributed by atoms with E-state index in [9.17, 15) is 4.79 Å². The lowest BCUT2D eigenvalue weighted by molar-refractivity contribution is -0.114. The first-order valence-electron chi connectivity index (χ1n) is 4.37. The number of carbonyl (C=O) groups excluding carboxylic acids is 1. The van der Waals surface area contributed by atoms with Crippen molar-refractivity contribution in [2.45, 2.75) is 6.92 Å². The topological polar surface area (TPSA) is 54.9 Å². The van der Waals surface area contributed by atoms with E-state index < -0.39 is 0 Å². The summed E-state index contributed by atoms with van der Waals surface area (Å²) < 4.78 is 0. The van der Waals surface area contributed by atoms with Crippen molar-refractivity contribution in [2.24, 2.45) is 0 Å². The summed E-state index contributed by atoms with van der Waals surface area (Å²) in [5.41, 5.74) is 0. The number of nitrogens with zero attached hydrogens (tertiary/aromatic N) is 2. The monoisotopic (exact) mass is 221 g/mol. The van der Waals surface area contributed by atoms with Crippen LogP contribution in [0.2, 0.25) is 5.15 Å². The summed E-state index contributed by atoms with van der Waals surface area (Å²) in [6.45, 7) is 1.42. The number of benzene rings is 1. The molecule has 0 aliphatic carbocycles. The molecule has 0 saturated heterocycles. The molecule has 0 radical (unpaired) electrons. The minimum atomic E-state index is -0.184. The van der Waals surface area contributed by atoms with Gasteiger partial charge in [0.2, 0.25) is 5.91 Å². The normalized spacial score (nSPS) is 10.3. The number of fused-ring (bicyclic) bond motifs is 1. The minimum Gasteiger partial charge on any atom is -0.309 e. The lowest BCUT2D eigenvalue weighted by atomic mass is 10.2. The van der Waals surface area contributed by atoms with Crippen molar-refractivity contribution in [3.63, 3.8) is 0 Å². The Morgan fingerprint density at radius 2 is 1.93 bits per heavy atom. The molecule has 5 heteroatoms. The van der Waals surface area contributed by atoms with E-state index >= 15 is 0 Å². The lowest BCUT2D eigenvalue weighted by Crippen LogP contribution is -2.08. The molecule has 0 fully saturated rings. The van der Waals surface area contributed by atoms with Crippen LogP contribution in [0, 0.1) is 0 Å². The molecule has 0 saturated carbocycles. The number of anilines is 1. The molecular weight excluding hydrogens is 214 g/mol. The molecule has 2 aromatic rings. The number of carbonyl (C=O) groups is 1. The molecule has 0 unspecified atom stereocenters. The zero-order valence-corrected chi connectivity index (χ0v) is 8.75. The van der Waals surface area contributed by atoms with Gasteiger partial charge in [0.15, 0.2) is 11.0 Å². The van der Waals surface area contributed by atoms with Crippen LogP contribution in [-0.2, 0) is 4.79 Å². The first-order valence-corrected chi connectivity index (χ1v) is 4.75. The van der Waals surface area contributed by atoms with E-state index in [1.54, 1.807) is 0 Å². The van der Waals surface area contributed by atoms with Gasteiger partial charge in [-0.05, 0) is 0 Å². The van der Waals surface area contributed by atoms with Gasteiger partial charge in [-0.2, -0.15) is 0 Å². The molecule has 0 aliphatic heterocycles. The number of halogens is 1. The minimum absolute atomic E-state index is 0.184. The highest BCUT2D eigenvalue weighted by Gasteiger charge is 2.07. The van der Waals surface area contributed by atoms with E-state index in [0.29, 0.717) is 11.0 Å². The Labute approximate surface area is 91.3 Å². The van der Waals surface area contributed by atoms with Crippen LogP contribution in [0.3, 0.4) is 0 Å². The van der Waals surface area contributed by atoms with Crippen LogP contribution >= 0.6 is 11.6 Å². The fourth-order valence-electron chi connectivity index (χ4n) is 1.33. The van der Waals surface area contributed by atoms with Crippen molar-refractivity contribution in [3.8, 4) is 0 Å². The Morgan fingerprint density at radius 1 is 1.27 bits per heavy atom. The van der Waals surface area contributed by atoms with E-state index in [1.165, 1.54) is 6.92 Å². The van der Waals surface area contributed by atoms with Crippen LogP contribution in [0.1, 0.15) is 6.92 Å². The molecule has 76 valence electrons. The van der Waals surface area contributed by atoms with E-state index in [1.807, 2.05) is 24.3 Å². The molecule has 0 atom stereocenters. The number of aromatic nitrogens is 2. The highest BCUT2D eigenvalue weighted by Crippen LogP contribution is 2.25. The van der Waals surface area contributed by atoms with Gasteiger partial charge in [-0.1, -0.05) is 35.9 Å². The smallest absolute Gasteiger partial charge is 0.222 e. The van der Waals surface area contributed by atoms with Gasteiger partial charge in [0, 0.05) is 17.7 Å². The summed E-state index contributed by atoms with van der Waals surface area (Å²) in [6.07, 6.45) is 0. The van der Waals surface area contributed by atoms with Crippen LogP contribution in [0.4, 0.5) is 5.82 Å². The molecule has 1 aromatic carbocycles. The summed E-state index contributed by atoms with van der Waals surface area (Å²) in [5, 5.41) is 12.1. The van der Waals surface area contributed by atoms with Gasteiger partial charge in [0.05, 0.1) is 0 Å². The molecule has 2 rings (SSSR count). The zero-order valence-electron chi connectivity index (χ0n) is 7.99. The van der Waals surface area contributed by atoms with Crippen LogP contribution in [-0.4, -0.2) is 16.1 Å². The SMILES string of the molecule is CC(=O)Nc1nnc(Cl)c2ccccc12. The van der Waals surface area contributed by atoms with Crippen molar-refractivity contribution in [3.05, 3.63) is 29.4 Å². The Bertz CT molecular complexity index is 527. The van der Waals surface area contributed by atoms with Crippen LogP contribution in [0.15, 0.2) is 24.3 Å². The summed E-state index contributed by atoms with van der Waals surface area (Å²) >= 11 is 5.88. The maximum absolute atomic E-state index is 10.9. The van der Waals surface area contributed by atoms with Gasteiger partial charge in [-0.3, -0.25) is 4.79 Å². The predicted octanol–water partition coefficient (Wildman–Crippen LogP) is 2.24. The number of nitrogens with one attached hydrogen (secondary N) is 1. The summed E-state index contributed by atoms with van der Waals surface area (Å²) in [4.78, 5) is 10.9. The Kier molecular flexibility index (Phi) is 2.51.